The maximum atomic E-state index is 13.7. The largest absolute Gasteiger partial charge is 0.489 e. The van der Waals surface area contributed by atoms with Crippen molar-refractivity contribution in [2.75, 3.05) is 13.1 Å². The summed E-state index contributed by atoms with van der Waals surface area (Å²) in [6, 6.07) is 0. The van der Waals surface area contributed by atoms with Crippen LogP contribution in [-0.4, -0.2) is 42.7 Å². The average Bonchev–Trinajstić information content (AvgIpc) is 2.21. The minimum Gasteiger partial charge on any atom is -0.489 e. The third-order valence-electron chi connectivity index (χ3n) is 3.03. The first-order valence-corrected chi connectivity index (χ1v) is 5.34. The number of hydrogen-bond acceptors (Lipinski definition) is 2. The standard InChI is InChI=1S/C9H12B3F2NO/c10-4-7(13)5(11)9(6(12)8(4)14)16-3-1-15-2-3/h3,15H,1-2,10-12H2. The third-order valence-corrected chi connectivity index (χ3v) is 3.03. The number of ether oxygens (including phenoxy) is 1. The van der Waals surface area contributed by atoms with Gasteiger partial charge in [0.25, 0.3) is 0 Å². The molecule has 82 valence electrons. The highest BCUT2D eigenvalue weighted by atomic mass is 19.1. The summed E-state index contributed by atoms with van der Waals surface area (Å²) < 4.78 is 32.9. The second-order valence-corrected chi connectivity index (χ2v) is 4.23. The molecule has 1 aromatic rings. The Morgan fingerprint density at radius 2 is 1.50 bits per heavy atom. The van der Waals surface area contributed by atoms with Crippen molar-refractivity contribution in [3.8, 4) is 5.75 Å². The van der Waals surface area contributed by atoms with E-state index in [0.29, 0.717) is 16.7 Å². The first-order valence-electron chi connectivity index (χ1n) is 5.34. The van der Waals surface area contributed by atoms with Crippen LogP contribution in [0.4, 0.5) is 8.78 Å². The topological polar surface area (TPSA) is 21.3 Å². The zero-order valence-corrected chi connectivity index (χ0v) is 9.66. The summed E-state index contributed by atoms with van der Waals surface area (Å²) in [5.41, 5.74) is 0.848. The SMILES string of the molecule is Bc1c(F)c(B)c(OC2CNC2)c(B)c1F. The lowest BCUT2D eigenvalue weighted by atomic mass is 9.78. The summed E-state index contributed by atoms with van der Waals surface area (Å²) in [5.74, 6) is -0.664. The summed E-state index contributed by atoms with van der Waals surface area (Å²) in [4.78, 5) is 0. The van der Waals surface area contributed by atoms with Crippen molar-refractivity contribution in [1.82, 2.24) is 5.32 Å². The first kappa shape index (κ1) is 11.5. The highest BCUT2D eigenvalue weighted by Crippen LogP contribution is 2.10. The van der Waals surface area contributed by atoms with Gasteiger partial charge in [-0.2, -0.15) is 0 Å². The normalized spacial score (nSPS) is 15.9. The zero-order chi connectivity index (χ0) is 11.9. The van der Waals surface area contributed by atoms with Gasteiger partial charge in [-0.1, -0.05) is 0 Å². The van der Waals surface area contributed by atoms with E-state index in [0.717, 1.165) is 13.1 Å². The van der Waals surface area contributed by atoms with Crippen LogP contribution in [0.5, 0.6) is 5.75 Å². The fraction of sp³-hybridized carbons (Fsp3) is 0.333. The van der Waals surface area contributed by atoms with Gasteiger partial charge in [0.15, 0.2) is 0 Å². The smallest absolute Gasteiger partial charge is 0.148 e. The molecule has 2 nitrogen and oxygen atoms in total. The molecule has 0 atom stereocenters. The highest BCUT2D eigenvalue weighted by molar-refractivity contribution is 6.45. The molecule has 0 aliphatic carbocycles. The van der Waals surface area contributed by atoms with Crippen LogP contribution in [0.25, 0.3) is 0 Å². The zero-order valence-electron chi connectivity index (χ0n) is 9.66. The summed E-state index contributed by atoms with van der Waals surface area (Å²) in [6.45, 7) is 1.46. The van der Waals surface area contributed by atoms with Gasteiger partial charge in [-0.05, 0) is 16.4 Å². The Hall–Kier alpha value is -0.965. The first-order chi connectivity index (χ1) is 7.52. The van der Waals surface area contributed by atoms with Crippen LogP contribution in [0.3, 0.4) is 0 Å². The molecule has 0 aromatic heterocycles. The fourth-order valence-corrected chi connectivity index (χ4v) is 1.83. The van der Waals surface area contributed by atoms with Crippen LogP contribution in [0, 0.1) is 11.6 Å². The Bertz CT molecular complexity index is 408. The van der Waals surface area contributed by atoms with E-state index >= 15 is 0 Å². The van der Waals surface area contributed by atoms with E-state index < -0.39 is 11.6 Å². The van der Waals surface area contributed by atoms with Crippen LogP contribution < -0.4 is 26.4 Å². The molecule has 1 heterocycles. The Morgan fingerprint density at radius 3 is 1.88 bits per heavy atom. The Labute approximate surface area is 96.0 Å². The molecule has 16 heavy (non-hydrogen) atoms. The maximum Gasteiger partial charge on any atom is 0.148 e. The predicted octanol–water partition coefficient (Wildman–Crippen LogP) is -3.91. The van der Waals surface area contributed by atoms with Gasteiger partial charge in [-0.15, -0.1) is 0 Å². The maximum absolute atomic E-state index is 13.7. The number of rotatable bonds is 2. The summed E-state index contributed by atoms with van der Waals surface area (Å²) >= 11 is 0. The number of benzene rings is 1. The van der Waals surface area contributed by atoms with E-state index in [1.165, 1.54) is 7.85 Å². The van der Waals surface area contributed by atoms with Crippen molar-refractivity contribution in [3.05, 3.63) is 11.6 Å². The molecule has 1 aliphatic heterocycles. The third kappa shape index (κ3) is 1.73. The fourth-order valence-electron chi connectivity index (χ4n) is 1.83. The quantitative estimate of drug-likeness (QED) is 0.515. The van der Waals surface area contributed by atoms with Crippen molar-refractivity contribution in [3.63, 3.8) is 0 Å². The lowest BCUT2D eigenvalue weighted by Crippen LogP contribution is -2.52. The van der Waals surface area contributed by atoms with Gasteiger partial charge in [0.2, 0.25) is 0 Å². The summed E-state index contributed by atoms with van der Waals surface area (Å²) in [7, 11) is 4.69. The van der Waals surface area contributed by atoms with E-state index in [-0.39, 0.29) is 11.6 Å². The van der Waals surface area contributed by atoms with Crippen molar-refractivity contribution < 1.29 is 13.5 Å². The van der Waals surface area contributed by atoms with Gasteiger partial charge in [-0.25, -0.2) is 8.78 Å². The lowest BCUT2D eigenvalue weighted by molar-refractivity contribution is 0.144. The molecule has 1 aromatic carbocycles. The van der Waals surface area contributed by atoms with E-state index in [1.54, 1.807) is 15.7 Å². The van der Waals surface area contributed by atoms with Gasteiger partial charge >= 0.3 is 0 Å². The Kier molecular flexibility index (Phi) is 2.97. The van der Waals surface area contributed by atoms with E-state index in [4.69, 9.17) is 4.74 Å². The van der Waals surface area contributed by atoms with Crippen molar-refractivity contribution in [2.45, 2.75) is 6.10 Å². The predicted molar refractivity (Wildman–Crippen MR) is 68.2 cm³/mol. The van der Waals surface area contributed by atoms with Crippen LogP contribution in [0.15, 0.2) is 0 Å². The number of halogens is 2. The van der Waals surface area contributed by atoms with Crippen LogP contribution >= 0.6 is 0 Å². The van der Waals surface area contributed by atoms with Gasteiger partial charge in [0.1, 0.15) is 47.0 Å². The van der Waals surface area contributed by atoms with E-state index in [1.807, 2.05) is 0 Å². The molecule has 0 amide bonds. The minimum absolute atomic E-state index is 0.0268. The molecular formula is C9H12B3F2NO. The van der Waals surface area contributed by atoms with Crippen molar-refractivity contribution in [2.24, 2.45) is 0 Å². The summed E-state index contributed by atoms with van der Waals surface area (Å²) in [5, 5.41) is 3.05. The van der Waals surface area contributed by atoms with Crippen LogP contribution in [0.1, 0.15) is 0 Å². The average molecular weight is 221 g/mol. The second kappa shape index (κ2) is 4.13. The molecule has 1 N–H and O–H groups in total. The van der Waals surface area contributed by atoms with Gasteiger partial charge in [-0.3, -0.25) is 0 Å². The molecule has 2 rings (SSSR count). The number of nitrogens with one attached hydrogen (secondary N) is 1. The number of hydrogen-bond donors (Lipinski definition) is 1. The molecule has 7 heteroatoms. The van der Waals surface area contributed by atoms with Crippen molar-refractivity contribution >= 4 is 39.9 Å². The molecule has 0 spiro atoms. The van der Waals surface area contributed by atoms with Gasteiger partial charge in [0.05, 0.1) is 0 Å². The molecular weight excluding hydrogens is 209 g/mol. The van der Waals surface area contributed by atoms with E-state index in [2.05, 4.69) is 5.32 Å². The van der Waals surface area contributed by atoms with Gasteiger partial charge < -0.3 is 10.1 Å². The summed E-state index contributed by atoms with van der Waals surface area (Å²) in [6.07, 6.45) is 0.0268. The molecule has 1 saturated heterocycles. The lowest BCUT2D eigenvalue weighted by Gasteiger charge is -2.30. The Morgan fingerprint density at radius 1 is 1.00 bits per heavy atom. The Balaban J connectivity index is 2.42. The van der Waals surface area contributed by atoms with Crippen LogP contribution in [-0.2, 0) is 0 Å². The molecule has 0 unspecified atom stereocenters. The molecule has 1 fully saturated rings. The monoisotopic (exact) mass is 221 g/mol. The molecule has 0 saturated carbocycles. The highest BCUT2D eigenvalue weighted by Gasteiger charge is 2.23. The van der Waals surface area contributed by atoms with Crippen LogP contribution in [0.2, 0.25) is 0 Å². The molecule has 0 bridgehead atoms. The minimum atomic E-state index is -0.509. The van der Waals surface area contributed by atoms with Crippen molar-refractivity contribution in [1.29, 1.82) is 0 Å². The second-order valence-electron chi connectivity index (χ2n) is 4.23. The molecule has 1 aliphatic rings. The van der Waals surface area contributed by atoms with E-state index in [9.17, 15) is 8.78 Å². The molecule has 0 radical (unpaired) electrons. The van der Waals surface area contributed by atoms with Gasteiger partial charge in [0, 0.05) is 13.1 Å².